The van der Waals surface area contributed by atoms with Gasteiger partial charge in [0.2, 0.25) is 11.8 Å². The van der Waals surface area contributed by atoms with Crippen molar-refractivity contribution in [2.75, 3.05) is 0 Å². The highest BCUT2D eigenvalue weighted by Crippen LogP contribution is 2.38. The first-order chi connectivity index (χ1) is 18.6. The first-order valence-corrected chi connectivity index (χ1v) is 12.7. The second-order valence-corrected chi connectivity index (χ2v) is 10.1. The van der Waals surface area contributed by atoms with E-state index in [4.69, 9.17) is 0 Å². The Hall–Kier alpha value is -4.11. The zero-order valence-corrected chi connectivity index (χ0v) is 21.7. The zero-order chi connectivity index (χ0) is 28.2. The molecule has 1 aliphatic rings. The van der Waals surface area contributed by atoms with Crippen molar-refractivity contribution < 1.29 is 28.3 Å². The Morgan fingerprint density at radius 1 is 0.949 bits per heavy atom. The smallest absolute Gasteiger partial charge is 0.254 e. The lowest BCUT2D eigenvalue weighted by molar-refractivity contribution is -0.137. The summed E-state index contributed by atoms with van der Waals surface area (Å²) in [5.74, 6) is -3.99. The largest absolute Gasteiger partial charge is 0.378 e. The Bertz CT molecular complexity index is 1320. The third-order valence-corrected chi connectivity index (χ3v) is 7.05. The van der Waals surface area contributed by atoms with E-state index in [0.29, 0.717) is 18.9 Å². The maximum absolute atomic E-state index is 13.5. The van der Waals surface area contributed by atoms with E-state index in [0.717, 1.165) is 23.3 Å². The van der Waals surface area contributed by atoms with Crippen molar-refractivity contribution >= 4 is 17.7 Å². The third-order valence-electron chi connectivity index (χ3n) is 7.05. The van der Waals surface area contributed by atoms with Crippen LogP contribution in [0.4, 0.5) is 8.78 Å². The molecule has 0 saturated carbocycles. The fourth-order valence-electron chi connectivity index (χ4n) is 4.94. The number of hydrogen-bond donors (Lipinski definition) is 4. The maximum Gasteiger partial charge on any atom is 0.254 e. The first kappa shape index (κ1) is 27.9. The van der Waals surface area contributed by atoms with Gasteiger partial charge in [-0.3, -0.25) is 14.4 Å². The molecule has 7 nitrogen and oxygen atoms in total. The highest BCUT2D eigenvalue weighted by atomic mass is 19.1. The van der Waals surface area contributed by atoms with Gasteiger partial charge in [0.15, 0.2) is 6.10 Å². The fourth-order valence-corrected chi connectivity index (χ4v) is 4.94. The molecule has 0 radical (unpaired) electrons. The Morgan fingerprint density at radius 3 is 2.10 bits per heavy atom. The topological polar surface area (TPSA) is 108 Å². The van der Waals surface area contributed by atoms with Gasteiger partial charge < -0.3 is 21.1 Å². The van der Waals surface area contributed by atoms with Crippen LogP contribution in [0.3, 0.4) is 0 Å². The molecule has 0 spiro atoms. The molecule has 1 fully saturated rings. The van der Waals surface area contributed by atoms with E-state index in [1.54, 1.807) is 6.92 Å². The van der Waals surface area contributed by atoms with E-state index < -0.39 is 41.1 Å². The summed E-state index contributed by atoms with van der Waals surface area (Å²) in [6.45, 7) is 3.04. The zero-order valence-electron chi connectivity index (χ0n) is 21.7. The Kier molecular flexibility index (Phi) is 8.40. The lowest BCUT2D eigenvalue weighted by Crippen LogP contribution is -2.60. The van der Waals surface area contributed by atoms with Gasteiger partial charge in [-0.1, -0.05) is 60.7 Å². The molecule has 0 unspecified atom stereocenters. The minimum Gasteiger partial charge on any atom is -0.378 e. The van der Waals surface area contributed by atoms with Crippen molar-refractivity contribution in [1.29, 1.82) is 0 Å². The molecule has 9 heteroatoms. The number of halogens is 2. The molecule has 39 heavy (non-hydrogen) atoms. The number of amides is 3. The highest BCUT2D eigenvalue weighted by molar-refractivity contribution is 5.95. The van der Waals surface area contributed by atoms with Crippen LogP contribution in [0.25, 0.3) is 0 Å². The van der Waals surface area contributed by atoms with Crippen LogP contribution in [-0.4, -0.2) is 34.4 Å². The summed E-state index contributed by atoms with van der Waals surface area (Å²) in [5.41, 5.74) is 0.378. The number of benzene rings is 3. The first-order valence-electron chi connectivity index (χ1n) is 12.7. The molecule has 3 aromatic rings. The molecule has 4 N–H and O–H groups in total. The second-order valence-electron chi connectivity index (χ2n) is 10.1. The summed E-state index contributed by atoms with van der Waals surface area (Å²) in [6, 6.07) is 20.2. The van der Waals surface area contributed by atoms with Gasteiger partial charge in [0.1, 0.15) is 23.2 Å². The highest BCUT2D eigenvalue weighted by Gasteiger charge is 2.43. The van der Waals surface area contributed by atoms with Crippen LogP contribution in [0.2, 0.25) is 0 Å². The van der Waals surface area contributed by atoms with E-state index in [1.165, 1.54) is 6.92 Å². The molecule has 1 heterocycles. The molecule has 204 valence electrons. The molecule has 1 saturated heterocycles. The predicted octanol–water partition coefficient (Wildman–Crippen LogP) is 3.81. The van der Waals surface area contributed by atoms with Crippen LogP contribution in [0.1, 0.15) is 61.4 Å². The van der Waals surface area contributed by atoms with Crippen molar-refractivity contribution in [2.24, 2.45) is 0 Å². The molecule has 1 aliphatic heterocycles. The van der Waals surface area contributed by atoms with Crippen molar-refractivity contribution in [1.82, 2.24) is 16.0 Å². The fraction of sp³-hybridized carbons (Fsp3) is 0.300. The molecular formula is C30H31F2N3O4. The van der Waals surface area contributed by atoms with Crippen LogP contribution in [-0.2, 0) is 14.4 Å². The lowest BCUT2D eigenvalue weighted by atomic mass is 9.82. The summed E-state index contributed by atoms with van der Waals surface area (Å²) in [7, 11) is 0. The monoisotopic (exact) mass is 535 g/mol. The summed E-state index contributed by atoms with van der Waals surface area (Å²) in [4.78, 5) is 39.2. The summed E-state index contributed by atoms with van der Waals surface area (Å²) < 4.78 is 27.0. The SMILES string of the molecule is C[C@H](NC(=O)[C@H](O)c1cc(F)cc(F)c1)C(=O)N[C@@]1(C)C[C@@H](c2ccccc2)C[C@@H](c2ccccc2)NC1=O. The van der Waals surface area contributed by atoms with Crippen molar-refractivity contribution in [3.63, 3.8) is 0 Å². The number of hydrogen-bond acceptors (Lipinski definition) is 4. The predicted molar refractivity (Wildman–Crippen MR) is 141 cm³/mol. The minimum absolute atomic E-state index is 0.0738. The van der Waals surface area contributed by atoms with Gasteiger partial charge in [-0.2, -0.15) is 0 Å². The van der Waals surface area contributed by atoms with Crippen molar-refractivity contribution in [2.45, 2.75) is 56.3 Å². The van der Waals surface area contributed by atoms with Crippen LogP contribution in [0.15, 0.2) is 78.9 Å². The van der Waals surface area contributed by atoms with Gasteiger partial charge in [0.05, 0.1) is 6.04 Å². The average molecular weight is 536 g/mol. The Balaban J connectivity index is 1.51. The van der Waals surface area contributed by atoms with Crippen LogP contribution < -0.4 is 16.0 Å². The van der Waals surface area contributed by atoms with Crippen LogP contribution in [0.5, 0.6) is 0 Å². The van der Waals surface area contributed by atoms with Gasteiger partial charge in [-0.15, -0.1) is 0 Å². The Morgan fingerprint density at radius 2 is 1.51 bits per heavy atom. The summed E-state index contributed by atoms with van der Waals surface area (Å²) in [6.07, 6.45) is -0.964. The molecule has 0 aliphatic carbocycles. The molecule has 4 rings (SSSR count). The van der Waals surface area contributed by atoms with E-state index in [9.17, 15) is 28.3 Å². The van der Waals surface area contributed by atoms with E-state index in [-0.39, 0.29) is 23.4 Å². The van der Waals surface area contributed by atoms with Gasteiger partial charge in [0.25, 0.3) is 5.91 Å². The van der Waals surface area contributed by atoms with E-state index in [2.05, 4.69) is 16.0 Å². The molecular weight excluding hydrogens is 504 g/mol. The number of nitrogens with one attached hydrogen (secondary N) is 3. The van der Waals surface area contributed by atoms with E-state index >= 15 is 0 Å². The van der Waals surface area contributed by atoms with Gasteiger partial charge >= 0.3 is 0 Å². The Labute approximate surface area is 225 Å². The number of carbonyl (C=O) groups excluding carboxylic acids is 3. The second kappa shape index (κ2) is 11.7. The number of aliphatic hydroxyl groups excluding tert-OH is 1. The van der Waals surface area contributed by atoms with E-state index in [1.807, 2.05) is 60.7 Å². The molecule has 3 aromatic carbocycles. The molecule has 0 aromatic heterocycles. The molecule has 5 atom stereocenters. The lowest BCUT2D eigenvalue weighted by Gasteiger charge is -2.31. The number of carbonyl (C=O) groups is 3. The van der Waals surface area contributed by atoms with Crippen LogP contribution in [0, 0.1) is 11.6 Å². The number of rotatable bonds is 7. The maximum atomic E-state index is 13.5. The minimum atomic E-state index is -1.89. The van der Waals surface area contributed by atoms with Gasteiger partial charge in [0, 0.05) is 6.07 Å². The molecule has 3 amide bonds. The van der Waals surface area contributed by atoms with Gasteiger partial charge in [-0.05, 0) is 61.4 Å². The number of aliphatic hydroxyl groups is 1. The molecule has 0 bridgehead atoms. The third kappa shape index (κ3) is 6.67. The normalized spacial score (nSPS) is 22.6. The van der Waals surface area contributed by atoms with Crippen LogP contribution >= 0.6 is 0 Å². The quantitative estimate of drug-likeness (QED) is 0.369. The standard InChI is InChI=1S/C30H31F2N3O4/c1-18(33-28(38)26(36)21-13-23(31)16-24(32)14-21)27(37)35-30(2)17-22(19-9-5-3-6-10-19)15-25(34-29(30)39)20-11-7-4-8-12-20/h3-14,16,18,22,25-26,36H,15,17H2,1-2H3,(H,33,38)(H,34,39)(H,35,37)/t18-,22-,25-,26+,30-/m0/s1. The average Bonchev–Trinajstić information content (AvgIpc) is 3.04. The van der Waals surface area contributed by atoms with Gasteiger partial charge in [-0.25, -0.2) is 8.78 Å². The summed E-state index contributed by atoms with van der Waals surface area (Å²) >= 11 is 0. The van der Waals surface area contributed by atoms with Crippen molar-refractivity contribution in [3.05, 3.63) is 107 Å². The van der Waals surface area contributed by atoms with Crippen molar-refractivity contribution in [3.8, 4) is 0 Å². The summed E-state index contributed by atoms with van der Waals surface area (Å²) in [5, 5.41) is 18.5.